The number of nitro groups is 1. The first kappa shape index (κ1) is 13.7. The highest BCUT2D eigenvalue weighted by Gasteiger charge is 2.15. The highest BCUT2D eigenvalue weighted by molar-refractivity contribution is 5.85. The first-order valence-corrected chi connectivity index (χ1v) is 6.99. The van der Waals surface area contributed by atoms with Gasteiger partial charge in [0.05, 0.1) is 15.8 Å². The lowest BCUT2D eigenvalue weighted by Crippen LogP contribution is -2.38. The topological polar surface area (TPSA) is 90.2 Å². The number of ether oxygens (including phenoxy) is 1. The van der Waals surface area contributed by atoms with E-state index in [-0.39, 0.29) is 5.69 Å². The minimum Gasteiger partial charge on any atom is -0.475 e. The van der Waals surface area contributed by atoms with Crippen LogP contribution in [0.2, 0.25) is 0 Å². The first-order valence-electron chi connectivity index (χ1n) is 6.99. The second-order valence-electron chi connectivity index (χ2n) is 5.10. The van der Waals surface area contributed by atoms with Crippen LogP contribution in [0.5, 0.6) is 5.88 Å². The van der Waals surface area contributed by atoms with Gasteiger partial charge in [-0.15, -0.1) is 0 Å². The van der Waals surface area contributed by atoms with Gasteiger partial charge in [0, 0.05) is 18.2 Å². The lowest BCUT2D eigenvalue weighted by Gasteiger charge is -2.23. The van der Waals surface area contributed by atoms with Crippen molar-refractivity contribution in [1.29, 1.82) is 0 Å². The quantitative estimate of drug-likeness (QED) is 0.684. The van der Waals surface area contributed by atoms with Crippen LogP contribution in [0.15, 0.2) is 24.5 Å². The molecule has 1 aliphatic heterocycles. The molecule has 0 radical (unpaired) electrons. The number of benzene rings is 1. The Labute approximate surface area is 121 Å². The van der Waals surface area contributed by atoms with Crippen molar-refractivity contribution in [2.45, 2.75) is 25.3 Å². The van der Waals surface area contributed by atoms with Gasteiger partial charge < -0.3 is 10.1 Å². The van der Waals surface area contributed by atoms with Crippen LogP contribution in [0.4, 0.5) is 5.69 Å². The van der Waals surface area contributed by atoms with Crippen LogP contribution in [-0.4, -0.2) is 34.1 Å². The Hall–Kier alpha value is -2.28. The molecule has 1 aromatic carbocycles. The number of nitrogens with zero attached hydrogens (tertiary/aromatic N) is 3. The van der Waals surface area contributed by atoms with E-state index >= 15 is 0 Å². The molecule has 110 valence electrons. The number of nitrogens with one attached hydrogen (secondary N) is 1. The average molecular weight is 288 g/mol. The van der Waals surface area contributed by atoms with Gasteiger partial charge in [-0.2, -0.15) is 0 Å². The number of rotatable bonds is 4. The summed E-state index contributed by atoms with van der Waals surface area (Å²) >= 11 is 0. The third-order valence-corrected chi connectivity index (χ3v) is 3.63. The molecule has 1 saturated heterocycles. The number of hydrogen-bond donors (Lipinski definition) is 1. The van der Waals surface area contributed by atoms with Crippen LogP contribution in [0.25, 0.3) is 10.9 Å². The average Bonchev–Trinajstić information content (AvgIpc) is 2.53. The van der Waals surface area contributed by atoms with E-state index in [4.69, 9.17) is 4.74 Å². The summed E-state index contributed by atoms with van der Waals surface area (Å²) in [7, 11) is 0. The zero-order chi connectivity index (χ0) is 14.7. The number of fused-ring (bicyclic) bond motifs is 1. The largest absolute Gasteiger partial charge is 0.475 e. The molecular weight excluding hydrogens is 272 g/mol. The zero-order valence-electron chi connectivity index (χ0n) is 11.5. The molecule has 1 unspecified atom stereocenters. The van der Waals surface area contributed by atoms with Gasteiger partial charge in [-0.25, -0.2) is 9.97 Å². The van der Waals surface area contributed by atoms with Crippen LogP contribution in [0, 0.1) is 10.1 Å². The van der Waals surface area contributed by atoms with Crippen molar-refractivity contribution in [2.75, 3.05) is 13.2 Å². The molecule has 7 heteroatoms. The molecule has 0 bridgehead atoms. The molecule has 2 aromatic rings. The van der Waals surface area contributed by atoms with Gasteiger partial charge in [-0.05, 0) is 25.5 Å². The van der Waals surface area contributed by atoms with E-state index in [1.54, 1.807) is 6.07 Å². The van der Waals surface area contributed by atoms with E-state index in [0.717, 1.165) is 13.0 Å². The van der Waals surface area contributed by atoms with E-state index in [9.17, 15) is 10.1 Å². The molecule has 0 amide bonds. The molecule has 1 fully saturated rings. The van der Waals surface area contributed by atoms with Gasteiger partial charge in [-0.3, -0.25) is 10.1 Å². The van der Waals surface area contributed by atoms with Crippen LogP contribution in [-0.2, 0) is 0 Å². The Balaban J connectivity index is 1.83. The summed E-state index contributed by atoms with van der Waals surface area (Å²) in [6.07, 6.45) is 4.87. The maximum absolute atomic E-state index is 10.9. The Morgan fingerprint density at radius 2 is 2.29 bits per heavy atom. The fourth-order valence-electron chi connectivity index (χ4n) is 2.50. The molecule has 3 rings (SSSR count). The summed E-state index contributed by atoms with van der Waals surface area (Å²) in [5.41, 5.74) is 0.653. The van der Waals surface area contributed by atoms with Gasteiger partial charge in [0.1, 0.15) is 12.9 Å². The third kappa shape index (κ3) is 3.08. The molecule has 1 N–H and O–H groups in total. The van der Waals surface area contributed by atoms with Gasteiger partial charge in [0.25, 0.3) is 5.69 Å². The first-order chi connectivity index (χ1) is 10.2. The van der Waals surface area contributed by atoms with Crippen molar-refractivity contribution >= 4 is 16.6 Å². The third-order valence-electron chi connectivity index (χ3n) is 3.63. The van der Waals surface area contributed by atoms with Crippen molar-refractivity contribution in [1.82, 2.24) is 15.3 Å². The minimum atomic E-state index is -0.432. The number of non-ortho nitro benzene ring substituents is 1. The second-order valence-corrected chi connectivity index (χ2v) is 5.10. The van der Waals surface area contributed by atoms with Gasteiger partial charge in [0.2, 0.25) is 5.88 Å². The molecule has 1 aliphatic rings. The molecular formula is C14H16N4O3. The van der Waals surface area contributed by atoms with E-state index in [2.05, 4.69) is 15.3 Å². The predicted molar refractivity (Wildman–Crippen MR) is 77.3 cm³/mol. The lowest BCUT2D eigenvalue weighted by molar-refractivity contribution is -0.384. The zero-order valence-corrected chi connectivity index (χ0v) is 11.5. The molecule has 21 heavy (non-hydrogen) atoms. The Morgan fingerprint density at radius 3 is 3.05 bits per heavy atom. The lowest BCUT2D eigenvalue weighted by atomic mass is 10.1. The molecule has 1 aromatic heterocycles. The highest BCUT2D eigenvalue weighted by Crippen LogP contribution is 2.26. The Morgan fingerprint density at radius 1 is 1.38 bits per heavy atom. The Kier molecular flexibility index (Phi) is 3.92. The van der Waals surface area contributed by atoms with Crippen LogP contribution in [0.1, 0.15) is 19.3 Å². The monoisotopic (exact) mass is 288 g/mol. The summed E-state index contributed by atoms with van der Waals surface area (Å²) in [6, 6.07) is 4.81. The standard InChI is InChI=1S/C14H16N4O3/c19-18(20)11-4-5-13-12(7-11)14(17-9-16-13)21-8-10-3-1-2-6-15-10/h4-5,7,9-10,15H,1-3,6,8H2. The number of aromatic nitrogens is 2. The molecule has 1 atom stereocenters. The van der Waals surface area contributed by atoms with Crippen molar-refractivity contribution in [3.05, 3.63) is 34.6 Å². The SMILES string of the molecule is O=[N+]([O-])c1ccc2ncnc(OCC3CCCCN3)c2c1. The predicted octanol–water partition coefficient (Wildman–Crippen LogP) is 2.06. The van der Waals surface area contributed by atoms with Crippen LogP contribution in [0.3, 0.4) is 0 Å². The highest BCUT2D eigenvalue weighted by atomic mass is 16.6. The maximum atomic E-state index is 10.9. The van der Waals surface area contributed by atoms with Crippen molar-refractivity contribution < 1.29 is 9.66 Å². The summed E-state index contributed by atoms with van der Waals surface area (Å²) in [5.74, 6) is 0.399. The Bertz CT molecular complexity index is 656. The second kappa shape index (κ2) is 6.01. The summed E-state index contributed by atoms with van der Waals surface area (Å²) in [6.45, 7) is 1.51. The van der Waals surface area contributed by atoms with E-state index in [1.165, 1.54) is 31.3 Å². The number of hydrogen-bond acceptors (Lipinski definition) is 6. The number of piperidine rings is 1. The summed E-state index contributed by atoms with van der Waals surface area (Å²) < 4.78 is 5.76. The van der Waals surface area contributed by atoms with Crippen LogP contribution >= 0.6 is 0 Å². The molecule has 2 heterocycles. The van der Waals surface area contributed by atoms with Gasteiger partial charge in [-0.1, -0.05) is 6.42 Å². The van der Waals surface area contributed by atoms with Gasteiger partial charge >= 0.3 is 0 Å². The van der Waals surface area contributed by atoms with Crippen LogP contribution < -0.4 is 10.1 Å². The van der Waals surface area contributed by atoms with Crippen molar-refractivity contribution in [2.24, 2.45) is 0 Å². The fourth-order valence-corrected chi connectivity index (χ4v) is 2.50. The smallest absolute Gasteiger partial charge is 0.270 e. The van der Waals surface area contributed by atoms with Gasteiger partial charge in [0.15, 0.2) is 0 Å². The van der Waals surface area contributed by atoms with E-state index in [0.29, 0.717) is 29.4 Å². The maximum Gasteiger partial charge on any atom is 0.270 e. The molecule has 0 saturated carbocycles. The summed E-state index contributed by atoms with van der Waals surface area (Å²) in [4.78, 5) is 18.7. The van der Waals surface area contributed by atoms with E-state index in [1.807, 2.05) is 0 Å². The fraction of sp³-hybridized carbons (Fsp3) is 0.429. The summed E-state index contributed by atoms with van der Waals surface area (Å²) in [5, 5.41) is 14.8. The van der Waals surface area contributed by atoms with E-state index < -0.39 is 4.92 Å². The molecule has 0 spiro atoms. The van der Waals surface area contributed by atoms with Crippen molar-refractivity contribution in [3.8, 4) is 5.88 Å². The minimum absolute atomic E-state index is 0.0120. The van der Waals surface area contributed by atoms with Crippen molar-refractivity contribution in [3.63, 3.8) is 0 Å². The number of nitro benzene ring substituents is 1. The normalized spacial score (nSPS) is 18.6. The molecule has 7 nitrogen and oxygen atoms in total. The molecule has 0 aliphatic carbocycles.